The molecule has 0 bridgehead atoms. The lowest BCUT2D eigenvalue weighted by Gasteiger charge is -2.26. The van der Waals surface area contributed by atoms with Gasteiger partial charge in [0.25, 0.3) is 0 Å². The number of hydrogen-bond acceptors (Lipinski definition) is 3. The van der Waals surface area contributed by atoms with Crippen LogP contribution >= 0.6 is 0 Å². The average Bonchev–Trinajstić information content (AvgIpc) is 3.32. The van der Waals surface area contributed by atoms with Crippen LogP contribution in [0.3, 0.4) is 0 Å². The summed E-state index contributed by atoms with van der Waals surface area (Å²) in [5.41, 5.74) is 11.2. The Morgan fingerprint density at radius 2 is 1.37 bits per heavy atom. The van der Waals surface area contributed by atoms with Crippen molar-refractivity contribution >= 4 is 11.0 Å². The molecule has 3 aromatic heterocycles. The van der Waals surface area contributed by atoms with Crippen molar-refractivity contribution in [3.8, 4) is 44.9 Å². The van der Waals surface area contributed by atoms with Gasteiger partial charge in [-0.1, -0.05) is 77.9 Å². The Morgan fingerprint density at radius 1 is 0.698 bits per heavy atom. The fourth-order valence-electron chi connectivity index (χ4n) is 5.57. The van der Waals surface area contributed by atoms with Gasteiger partial charge in [-0.05, 0) is 75.0 Å². The van der Waals surface area contributed by atoms with Crippen LogP contribution in [0, 0.1) is 0 Å². The van der Waals surface area contributed by atoms with Crippen LogP contribution in [0.5, 0.6) is 0 Å². The number of para-hydroxylation sites is 1. The molecule has 6 rings (SSSR count). The van der Waals surface area contributed by atoms with E-state index < -0.39 is 0 Å². The van der Waals surface area contributed by atoms with E-state index in [0.717, 1.165) is 39.0 Å². The molecular formula is C38H38N4O. The lowest BCUT2D eigenvalue weighted by Crippen LogP contribution is -2.16. The summed E-state index contributed by atoms with van der Waals surface area (Å²) >= 11 is 0. The number of pyridine rings is 2. The van der Waals surface area contributed by atoms with E-state index in [2.05, 4.69) is 107 Å². The first-order valence-corrected chi connectivity index (χ1v) is 14.8. The molecule has 216 valence electrons. The predicted octanol–water partition coefficient (Wildman–Crippen LogP) is 8.92. The van der Waals surface area contributed by atoms with E-state index in [-0.39, 0.29) is 16.3 Å². The Kier molecular flexibility index (Phi) is 6.92. The topological polar surface area (TPSA) is 63.6 Å². The van der Waals surface area contributed by atoms with Crippen molar-refractivity contribution in [2.45, 2.75) is 52.4 Å². The van der Waals surface area contributed by atoms with E-state index in [1.807, 2.05) is 29.9 Å². The van der Waals surface area contributed by atoms with Gasteiger partial charge in [0, 0.05) is 42.8 Å². The van der Waals surface area contributed by atoms with E-state index in [9.17, 15) is 4.79 Å². The number of nitrogens with one attached hydrogen (secondary N) is 1. The minimum atomic E-state index is -0.0634. The maximum atomic E-state index is 12.7. The molecule has 6 aromatic rings. The minimum Gasteiger partial charge on any atom is -0.367 e. The van der Waals surface area contributed by atoms with Gasteiger partial charge in [0.1, 0.15) is 5.82 Å². The van der Waals surface area contributed by atoms with Crippen LogP contribution in [0.1, 0.15) is 52.7 Å². The largest absolute Gasteiger partial charge is 0.367 e. The normalized spacial score (nSPS) is 12.2. The van der Waals surface area contributed by atoms with Crippen LogP contribution in [0.4, 0.5) is 0 Å². The molecule has 0 aliphatic heterocycles. The van der Waals surface area contributed by atoms with Gasteiger partial charge in [-0.2, -0.15) is 0 Å². The highest BCUT2D eigenvalue weighted by atomic mass is 16.1. The van der Waals surface area contributed by atoms with Gasteiger partial charge in [-0.3, -0.25) is 9.78 Å². The highest BCUT2D eigenvalue weighted by Gasteiger charge is 2.22. The minimum absolute atomic E-state index is 0.00265. The van der Waals surface area contributed by atoms with E-state index in [0.29, 0.717) is 11.4 Å². The molecule has 0 atom stereocenters. The summed E-state index contributed by atoms with van der Waals surface area (Å²) in [6, 6.07) is 27.5. The standard InChI is InChI=1S/C38H38N4O/c1-37(2,3)28-20-25(21-29(22-28)38(4,5)6)24-17-26(19-27(18-24)32-12-8-9-15-40-32)30-11-10-13-33-35(30)41-36(42(33)7)31-23-39-16-14-34(31)43/h8-23H,1-7H3,(H,39,43). The Bertz CT molecular complexity index is 1990. The van der Waals surface area contributed by atoms with Crippen LogP contribution in [-0.4, -0.2) is 19.5 Å². The first kappa shape index (κ1) is 28.4. The summed E-state index contributed by atoms with van der Waals surface area (Å²) in [5, 5.41) is 0. The second kappa shape index (κ2) is 10.5. The quantitative estimate of drug-likeness (QED) is 0.232. The molecule has 3 heterocycles. The van der Waals surface area contributed by atoms with E-state index >= 15 is 0 Å². The summed E-state index contributed by atoms with van der Waals surface area (Å²) in [5.74, 6) is 0.637. The molecule has 0 unspecified atom stereocenters. The SMILES string of the molecule is Cn1c(-c2c[nH]ccc2=O)nc2c(-c3cc(-c4cc(C(C)(C)C)cc(C(C)(C)C)c4)cc(-c4ccccn4)c3)cccc21. The summed E-state index contributed by atoms with van der Waals surface area (Å²) in [4.78, 5) is 25.5. The number of aromatic nitrogens is 4. The zero-order valence-electron chi connectivity index (χ0n) is 26.0. The number of benzene rings is 3. The number of H-pyrrole nitrogens is 1. The van der Waals surface area contributed by atoms with Gasteiger partial charge < -0.3 is 9.55 Å². The van der Waals surface area contributed by atoms with Crippen LogP contribution < -0.4 is 5.43 Å². The van der Waals surface area contributed by atoms with Crippen molar-refractivity contribution in [2.24, 2.45) is 7.05 Å². The molecule has 43 heavy (non-hydrogen) atoms. The maximum Gasteiger partial charge on any atom is 0.192 e. The van der Waals surface area contributed by atoms with Gasteiger partial charge in [0.05, 0.1) is 22.3 Å². The zero-order chi connectivity index (χ0) is 30.5. The molecule has 0 fully saturated rings. The van der Waals surface area contributed by atoms with Crippen LogP contribution in [0.15, 0.2) is 102 Å². The van der Waals surface area contributed by atoms with Crippen molar-refractivity contribution in [3.05, 3.63) is 119 Å². The Hall–Kier alpha value is -4.77. The lowest BCUT2D eigenvalue weighted by molar-refractivity contribution is 0.569. The predicted molar refractivity (Wildman–Crippen MR) is 178 cm³/mol. The monoisotopic (exact) mass is 566 g/mol. The molecule has 0 radical (unpaired) electrons. The molecule has 3 aromatic carbocycles. The third-order valence-corrected chi connectivity index (χ3v) is 8.18. The van der Waals surface area contributed by atoms with Crippen molar-refractivity contribution < 1.29 is 0 Å². The number of hydrogen-bond donors (Lipinski definition) is 1. The summed E-state index contributed by atoms with van der Waals surface area (Å²) in [6.07, 6.45) is 5.20. The molecule has 0 aliphatic carbocycles. The van der Waals surface area contributed by atoms with Crippen molar-refractivity contribution in [1.29, 1.82) is 0 Å². The zero-order valence-corrected chi connectivity index (χ0v) is 26.0. The van der Waals surface area contributed by atoms with Crippen molar-refractivity contribution in [2.75, 3.05) is 0 Å². The van der Waals surface area contributed by atoms with Crippen LogP contribution in [0.25, 0.3) is 55.9 Å². The van der Waals surface area contributed by atoms with E-state index in [1.165, 1.54) is 22.8 Å². The van der Waals surface area contributed by atoms with Gasteiger partial charge in [-0.15, -0.1) is 0 Å². The molecule has 0 amide bonds. The van der Waals surface area contributed by atoms with Crippen LogP contribution in [-0.2, 0) is 17.9 Å². The van der Waals surface area contributed by atoms with Crippen LogP contribution in [0.2, 0.25) is 0 Å². The maximum absolute atomic E-state index is 12.7. The highest BCUT2D eigenvalue weighted by Crippen LogP contribution is 2.39. The summed E-state index contributed by atoms with van der Waals surface area (Å²) in [6.45, 7) is 13.6. The first-order valence-electron chi connectivity index (χ1n) is 14.8. The van der Waals surface area contributed by atoms with E-state index in [1.54, 1.807) is 12.4 Å². The number of rotatable bonds is 4. The average molecular weight is 567 g/mol. The second-order valence-electron chi connectivity index (χ2n) is 13.4. The number of imidazole rings is 1. The number of aryl methyl sites for hydroxylation is 1. The Morgan fingerprint density at radius 3 is 2.02 bits per heavy atom. The highest BCUT2D eigenvalue weighted by molar-refractivity contribution is 5.96. The number of aromatic amines is 1. The molecule has 1 N–H and O–H groups in total. The molecule has 5 heteroatoms. The van der Waals surface area contributed by atoms with Crippen molar-refractivity contribution in [1.82, 2.24) is 19.5 Å². The molecule has 0 saturated heterocycles. The molecule has 0 spiro atoms. The summed E-state index contributed by atoms with van der Waals surface area (Å²) < 4.78 is 2.00. The summed E-state index contributed by atoms with van der Waals surface area (Å²) in [7, 11) is 1.96. The van der Waals surface area contributed by atoms with Crippen molar-refractivity contribution in [3.63, 3.8) is 0 Å². The van der Waals surface area contributed by atoms with E-state index in [4.69, 9.17) is 9.97 Å². The smallest absolute Gasteiger partial charge is 0.192 e. The third-order valence-electron chi connectivity index (χ3n) is 8.18. The number of fused-ring (bicyclic) bond motifs is 1. The third kappa shape index (κ3) is 5.43. The fourth-order valence-corrected chi connectivity index (χ4v) is 5.57. The first-order chi connectivity index (χ1) is 20.4. The lowest BCUT2D eigenvalue weighted by atomic mass is 9.78. The molecule has 0 aliphatic rings. The van der Waals surface area contributed by atoms with Gasteiger partial charge in [0.15, 0.2) is 5.43 Å². The molecule has 0 saturated carbocycles. The Labute approximate surface area is 253 Å². The number of nitrogens with zero attached hydrogens (tertiary/aromatic N) is 3. The fraction of sp³-hybridized carbons (Fsp3) is 0.237. The van der Waals surface area contributed by atoms with Gasteiger partial charge in [0.2, 0.25) is 0 Å². The molecular weight excluding hydrogens is 528 g/mol. The van der Waals surface area contributed by atoms with Gasteiger partial charge in [-0.25, -0.2) is 4.98 Å². The Balaban J connectivity index is 1.62. The molecule has 5 nitrogen and oxygen atoms in total. The van der Waals surface area contributed by atoms with Gasteiger partial charge >= 0.3 is 0 Å². The second-order valence-corrected chi connectivity index (χ2v) is 13.4.